The third-order valence-corrected chi connectivity index (χ3v) is 5.61. The van der Waals surface area contributed by atoms with Crippen LogP contribution >= 0.6 is 11.3 Å². The quantitative estimate of drug-likeness (QED) is 0.631. The number of aliphatic hydroxyl groups excluding tert-OH is 1. The molecule has 128 valence electrons. The molecular weight excluding hydrogens is 346 g/mol. The van der Waals surface area contributed by atoms with Crippen LogP contribution in [0.25, 0.3) is 0 Å². The number of rotatable bonds is 6. The van der Waals surface area contributed by atoms with Gasteiger partial charge < -0.3 is 5.11 Å². The van der Waals surface area contributed by atoms with Crippen LogP contribution in [-0.2, 0) is 10.0 Å². The summed E-state index contributed by atoms with van der Waals surface area (Å²) in [7, 11) is -2.03. The van der Waals surface area contributed by atoms with Gasteiger partial charge in [-0.05, 0) is 23.6 Å². The fraction of sp³-hybridized carbons (Fsp3) is 0.235. The predicted molar refractivity (Wildman–Crippen MR) is 94.9 cm³/mol. The highest BCUT2D eigenvalue weighted by Gasteiger charge is 2.21. The van der Waals surface area contributed by atoms with Gasteiger partial charge in [-0.1, -0.05) is 24.1 Å². The molecule has 0 aliphatic rings. The van der Waals surface area contributed by atoms with Crippen LogP contribution in [0.1, 0.15) is 23.7 Å². The van der Waals surface area contributed by atoms with E-state index < -0.39 is 10.0 Å². The monoisotopic (exact) mass is 365 g/mol. The van der Waals surface area contributed by atoms with Crippen LogP contribution in [0.4, 0.5) is 0 Å². The first kappa shape index (κ1) is 19.9. The van der Waals surface area contributed by atoms with Gasteiger partial charge in [-0.25, -0.2) is 12.7 Å². The van der Waals surface area contributed by atoms with Crippen molar-refractivity contribution in [3.8, 4) is 12.0 Å². The Kier molecular flexibility index (Phi) is 8.19. The summed E-state index contributed by atoms with van der Waals surface area (Å²) in [6.07, 6.45) is 1.86. The fourth-order valence-electron chi connectivity index (χ4n) is 1.72. The van der Waals surface area contributed by atoms with Gasteiger partial charge in [0.2, 0.25) is 10.0 Å². The molecule has 0 fully saturated rings. The molecule has 1 aromatic heterocycles. The molecule has 0 bridgehead atoms. The van der Waals surface area contributed by atoms with E-state index in [-0.39, 0.29) is 23.6 Å². The van der Waals surface area contributed by atoms with E-state index in [0.717, 1.165) is 0 Å². The number of carbonyl (C=O) groups is 1. The van der Waals surface area contributed by atoms with Crippen molar-refractivity contribution >= 4 is 27.1 Å². The molecule has 0 saturated heterocycles. The number of benzene rings is 1. The summed E-state index contributed by atoms with van der Waals surface area (Å²) in [4.78, 5) is 12.1. The fourth-order valence-corrected chi connectivity index (χ4v) is 3.57. The molecule has 0 aliphatic heterocycles. The van der Waals surface area contributed by atoms with Crippen LogP contribution in [0.5, 0.6) is 0 Å². The first-order chi connectivity index (χ1) is 11.4. The van der Waals surface area contributed by atoms with Gasteiger partial charge in [0, 0.05) is 37.9 Å². The number of thiophene rings is 1. The lowest BCUT2D eigenvalue weighted by Crippen LogP contribution is -2.29. The molecule has 0 radical (unpaired) electrons. The zero-order valence-corrected chi connectivity index (χ0v) is 15.1. The zero-order valence-electron chi connectivity index (χ0n) is 13.5. The van der Waals surface area contributed by atoms with Gasteiger partial charge in [0.1, 0.15) is 6.11 Å². The third-order valence-electron chi connectivity index (χ3n) is 3.06. The van der Waals surface area contributed by atoms with Gasteiger partial charge in [-0.3, -0.25) is 4.79 Å². The van der Waals surface area contributed by atoms with E-state index in [1.165, 1.54) is 22.7 Å². The van der Waals surface area contributed by atoms with Crippen LogP contribution in [0.3, 0.4) is 0 Å². The van der Waals surface area contributed by atoms with Gasteiger partial charge in [-0.2, -0.15) is 11.3 Å². The molecule has 1 heterocycles. The summed E-state index contributed by atoms with van der Waals surface area (Å²) in [5.74, 6) is 2.20. The molecule has 0 saturated carbocycles. The number of ketones is 1. The summed E-state index contributed by atoms with van der Waals surface area (Å²) >= 11 is 1.45. The van der Waals surface area contributed by atoms with E-state index in [2.05, 4.69) is 5.92 Å². The maximum Gasteiger partial charge on any atom is 0.242 e. The second kappa shape index (κ2) is 9.88. The number of sulfonamides is 1. The standard InChI is InChI=1S/C14H15NO3S2.C3H4O/c1-15(9-7-14(16)12-8-10-19-11-12)20(17,18)13-5-3-2-4-6-13;1-2-3-4/h2-6,8,10-11H,7,9H2,1H3;4H,1H3. The minimum absolute atomic E-state index is 0.0404. The number of hydrogen-bond acceptors (Lipinski definition) is 5. The number of hydrogen-bond donors (Lipinski definition) is 1. The highest BCUT2D eigenvalue weighted by molar-refractivity contribution is 7.89. The van der Waals surface area contributed by atoms with Gasteiger partial charge in [0.15, 0.2) is 5.78 Å². The molecule has 2 rings (SSSR count). The van der Waals surface area contributed by atoms with E-state index in [1.54, 1.807) is 54.8 Å². The number of carbonyl (C=O) groups excluding carboxylic acids is 1. The molecule has 0 aliphatic carbocycles. The van der Waals surface area contributed by atoms with Crippen molar-refractivity contribution in [3.63, 3.8) is 0 Å². The third kappa shape index (κ3) is 5.81. The lowest BCUT2D eigenvalue weighted by atomic mass is 10.2. The number of Topliss-reactive ketones (excluding diaryl/α,β-unsaturated/α-hetero) is 1. The molecule has 1 aromatic carbocycles. The van der Waals surface area contributed by atoms with E-state index in [9.17, 15) is 13.2 Å². The van der Waals surface area contributed by atoms with Gasteiger partial charge >= 0.3 is 0 Å². The lowest BCUT2D eigenvalue weighted by molar-refractivity contribution is 0.0978. The first-order valence-electron chi connectivity index (χ1n) is 7.06. The van der Waals surface area contributed by atoms with Crippen LogP contribution in [-0.4, -0.2) is 37.2 Å². The normalized spacial score (nSPS) is 10.3. The summed E-state index contributed by atoms with van der Waals surface area (Å²) in [5.41, 5.74) is 0.639. The van der Waals surface area contributed by atoms with Crippen molar-refractivity contribution in [1.82, 2.24) is 4.31 Å². The molecule has 1 N–H and O–H groups in total. The molecule has 0 spiro atoms. The number of aliphatic hydroxyl groups is 1. The van der Waals surface area contributed by atoms with Crippen molar-refractivity contribution in [2.45, 2.75) is 18.2 Å². The van der Waals surface area contributed by atoms with E-state index >= 15 is 0 Å². The zero-order chi connectivity index (χ0) is 18.0. The summed E-state index contributed by atoms with van der Waals surface area (Å²) < 4.78 is 25.7. The van der Waals surface area contributed by atoms with E-state index in [0.29, 0.717) is 5.56 Å². The van der Waals surface area contributed by atoms with Crippen molar-refractivity contribution in [3.05, 3.63) is 52.7 Å². The molecule has 0 unspecified atom stereocenters. The Hall–Kier alpha value is -2.14. The molecule has 0 amide bonds. The van der Waals surface area contributed by atoms with Gasteiger partial charge in [-0.15, -0.1) is 0 Å². The Morgan fingerprint density at radius 3 is 2.38 bits per heavy atom. The van der Waals surface area contributed by atoms with Crippen molar-refractivity contribution < 1.29 is 18.3 Å². The Labute approximate surface area is 146 Å². The Bertz CT molecular complexity index is 782. The molecule has 0 atom stereocenters. The molecule has 7 heteroatoms. The summed E-state index contributed by atoms with van der Waals surface area (Å²) in [6, 6.07) is 9.96. The van der Waals surface area contributed by atoms with E-state index in [1.807, 2.05) is 5.38 Å². The van der Waals surface area contributed by atoms with Crippen LogP contribution in [0.15, 0.2) is 52.1 Å². The summed E-state index contributed by atoms with van der Waals surface area (Å²) in [6.45, 7) is 1.74. The van der Waals surface area contributed by atoms with Crippen LogP contribution in [0, 0.1) is 12.0 Å². The van der Waals surface area contributed by atoms with Crippen molar-refractivity contribution in [1.29, 1.82) is 0 Å². The van der Waals surface area contributed by atoms with E-state index in [4.69, 9.17) is 5.11 Å². The van der Waals surface area contributed by atoms with Gasteiger partial charge in [0.25, 0.3) is 0 Å². The largest absolute Gasteiger partial charge is 0.462 e. The Morgan fingerprint density at radius 1 is 1.25 bits per heavy atom. The van der Waals surface area contributed by atoms with Crippen LogP contribution in [0.2, 0.25) is 0 Å². The highest BCUT2D eigenvalue weighted by atomic mass is 32.2. The second-order valence-electron chi connectivity index (χ2n) is 4.69. The molecular formula is C17H19NO4S2. The average molecular weight is 365 g/mol. The molecule has 2 aromatic rings. The maximum absolute atomic E-state index is 12.2. The molecule has 5 nitrogen and oxygen atoms in total. The smallest absolute Gasteiger partial charge is 0.242 e. The second-order valence-corrected chi connectivity index (χ2v) is 7.51. The SMILES string of the molecule is CC#CO.CN(CCC(=O)c1ccsc1)S(=O)(=O)c1ccccc1. The number of nitrogens with zero attached hydrogens (tertiary/aromatic N) is 1. The van der Waals surface area contributed by atoms with Crippen molar-refractivity contribution in [2.75, 3.05) is 13.6 Å². The topological polar surface area (TPSA) is 74.7 Å². The molecule has 24 heavy (non-hydrogen) atoms. The minimum Gasteiger partial charge on any atom is -0.462 e. The highest BCUT2D eigenvalue weighted by Crippen LogP contribution is 2.15. The average Bonchev–Trinajstić information content (AvgIpc) is 3.15. The van der Waals surface area contributed by atoms with Crippen LogP contribution < -0.4 is 0 Å². The lowest BCUT2D eigenvalue weighted by Gasteiger charge is -2.16. The first-order valence-corrected chi connectivity index (χ1v) is 9.44. The minimum atomic E-state index is -3.52. The Morgan fingerprint density at radius 2 is 1.88 bits per heavy atom. The maximum atomic E-state index is 12.2. The van der Waals surface area contributed by atoms with Gasteiger partial charge in [0.05, 0.1) is 4.90 Å². The van der Waals surface area contributed by atoms with Crippen molar-refractivity contribution in [2.24, 2.45) is 0 Å². The summed E-state index contributed by atoms with van der Waals surface area (Å²) in [5, 5.41) is 11.1. The Balaban J connectivity index is 0.000000648. The predicted octanol–water partition coefficient (Wildman–Crippen LogP) is 2.98.